The first-order chi connectivity index (χ1) is 10.1. The summed E-state index contributed by atoms with van der Waals surface area (Å²) in [4.78, 5) is 11.8. The molecule has 0 aromatic heterocycles. The second-order valence-corrected chi connectivity index (χ2v) is 8.41. The summed E-state index contributed by atoms with van der Waals surface area (Å²) < 4.78 is 23.4. The number of carbonyl (C=O) groups is 1. The van der Waals surface area contributed by atoms with E-state index < -0.39 is 21.5 Å². The molecule has 1 amide bonds. The van der Waals surface area contributed by atoms with Crippen LogP contribution in [0.1, 0.15) is 39.2 Å². The van der Waals surface area contributed by atoms with Crippen molar-refractivity contribution in [2.24, 2.45) is 0 Å². The lowest BCUT2D eigenvalue weighted by atomic mass is 9.87. The van der Waals surface area contributed by atoms with Crippen molar-refractivity contribution in [2.75, 3.05) is 16.8 Å². The molecule has 0 heterocycles. The van der Waals surface area contributed by atoms with Crippen molar-refractivity contribution in [2.45, 2.75) is 39.0 Å². The number of nitriles is 1. The van der Waals surface area contributed by atoms with Gasteiger partial charge >= 0.3 is 0 Å². The molecule has 1 rings (SSSR count). The van der Waals surface area contributed by atoms with Crippen LogP contribution in [0.5, 0.6) is 0 Å². The van der Waals surface area contributed by atoms with Crippen LogP contribution in [-0.4, -0.2) is 25.8 Å². The van der Waals surface area contributed by atoms with Crippen molar-refractivity contribution in [3.63, 3.8) is 0 Å². The number of nitrogens with zero attached hydrogens (tertiary/aromatic N) is 1. The fourth-order valence-corrected chi connectivity index (χ4v) is 3.09. The molecule has 1 N–H and O–H groups in total. The summed E-state index contributed by atoms with van der Waals surface area (Å²) in [6.45, 7) is 6.28. The van der Waals surface area contributed by atoms with E-state index in [-0.39, 0.29) is 24.0 Å². The van der Waals surface area contributed by atoms with Crippen LogP contribution < -0.4 is 5.32 Å². The summed E-state index contributed by atoms with van der Waals surface area (Å²) in [5.41, 5.74) is 1.73. The van der Waals surface area contributed by atoms with Gasteiger partial charge in [-0.15, -0.1) is 0 Å². The van der Waals surface area contributed by atoms with Gasteiger partial charge in [0.15, 0.2) is 9.84 Å². The van der Waals surface area contributed by atoms with Crippen molar-refractivity contribution >= 4 is 21.4 Å². The molecule has 22 heavy (non-hydrogen) atoms. The molecule has 0 aliphatic heterocycles. The number of nitrogens with one attached hydrogen (secondary N) is 1. The van der Waals surface area contributed by atoms with Crippen LogP contribution in [0.15, 0.2) is 24.3 Å². The predicted octanol–water partition coefficient (Wildman–Crippen LogP) is 2.64. The van der Waals surface area contributed by atoms with Gasteiger partial charge in [0, 0.05) is 12.1 Å². The highest BCUT2D eigenvalue weighted by atomic mass is 32.2. The standard InChI is InChI=1S/C16H22N2O3S/c1-16(2,3)13-6-8-14(9-7-13)18-15(19)12-22(20,21)11-5-4-10-17/h6-9H,4-5,11-12H2,1-3H3,(H,18,19). The molecule has 0 atom stereocenters. The van der Waals surface area contributed by atoms with E-state index in [1.807, 2.05) is 18.2 Å². The van der Waals surface area contributed by atoms with E-state index in [0.29, 0.717) is 5.69 Å². The third kappa shape index (κ3) is 6.27. The predicted molar refractivity (Wildman–Crippen MR) is 87.3 cm³/mol. The monoisotopic (exact) mass is 322 g/mol. The van der Waals surface area contributed by atoms with E-state index in [2.05, 4.69) is 26.1 Å². The molecule has 0 saturated carbocycles. The van der Waals surface area contributed by atoms with Gasteiger partial charge in [0.1, 0.15) is 5.75 Å². The van der Waals surface area contributed by atoms with Crippen molar-refractivity contribution < 1.29 is 13.2 Å². The largest absolute Gasteiger partial charge is 0.325 e. The van der Waals surface area contributed by atoms with Crippen molar-refractivity contribution in [1.29, 1.82) is 5.26 Å². The highest BCUT2D eigenvalue weighted by Crippen LogP contribution is 2.23. The molecular weight excluding hydrogens is 300 g/mol. The third-order valence-corrected chi connectivity index (χ3v) is 4.74. The Balaban J connectivity index is 2.60. The van der Waals surface area contributed by atoms with Gasteiger partial charge in [-0.05, 0) is 29.5 Å². The Kier molecular flexibility index (Phi) is 6.12. The Bertz CT molecular complexity index is 650. The van der Waals surface area contributed by atoms with Gasteiger partial charge in [-0.1, -0.05) is 32.9 Å². The number of anilines is 1. The van der Waals surface area contributed by atoms with E-state index in [4.69, 9.17) is 5.26 Å². The van der Waals surface area contributed by atoms with Crippen LogP contribution in [0.25, 0.3) is 0 Å². The number of carbonyl (C=O) groups excluding carboxylic acids is 1. The molecule has 120 valence electrons. The zero-order chi connectivity index (χ0) is 16.8. The van der Waals surface area contributed by atoms with E-state index in [1.165, 1.54) is 0 Å². The van der Waals surface area contributed by atoms with E-state index in [0.717, 1.165) is 5.56 Å². The van der Waals surface area contributed by atoms with Gasteiger partial charge in [-0.3, -0.25) is 4.79 Å². The Morgan fingerprint density at radius 1 is 1.23 bits per heavy atom. The Morgan fingerprint density at radius 3 is 2.32 bits per heavy atom. The summed E-state index contributed by atoms with van der Waals surface area (Å²) in [5, 5.41) is 11.0. The first kappa shape index (κ1) is 18.2. The zero-order valence-corrected chi connectivity index (χ0v) is 14.0. The molecule has 0 spiro atoms. The molecule has 0 bridgehead atoms. The van der Waals surface area contributed by atoms with Gasteiger partial charge in [0.2, 0.25) is 5.91 Å². The molecule has 0 aliphatic rings. The highest BCUT2D eigenvalue weighted by molar-refractivity contribution is 7.92. The number of sulfone groups is 1. The average molecular weight is 322 g/mol. The Hall–Kier alpha value is -1.87. The number of benzene rings is 1. The SMILES string of the molecule is CC(C)(C)c1ccc(NC(=O)CS(=O)(=O)CCCC#N)cc1. The normalized spacial score (nSPS) is 11.7. The summed E-state index contributed by atoms with van der Waals surface area (Å²) in [5.74, 6) is -1.25. The number of hydrogen-bond donors (Lipinski definition) is 1. The van der Waals surface area contributed by atoms with Gasteiger partial charge in [0.05, 0.1) is 11.8 Å². The maximum atomic E-state index is 11.8. The van der Waals surface area contributed by atoms with Crippen molar-refractivity contribution in [3.8, 4) is 6.07 Å². The van der Waals surface area contributed by atoms with Gasteiger partial charge in [0.25, 0.3) is 0 Å². The van der Waals surface area contributed by atoms with Gasteiger partial charge in [-0.2, -0.15) is 5.26 Å². The maximum absolute atomic E-state index is 11.8. The number of rotatable bonds is 6. The van der Waals surface area contributed by atoms with Gasteiger partial charge < -0.3 is 5.32 Å². The lowest BCUT2D eigenvalue weighted by Gasteiger charge is -2.19. The minimum atomic E-state index is -3.47. The summed E-state index contributed by atoms with van der Waals surface area (Å²) in [6.07, 6.45) is 0.432. The smallest absolute Gasteiger partial charge is 0.239 e. The van der Waals surface area contributed by atoms with E-state index >= 15 is 0 Å². The fraction of sp³-hybridized carbons (Fsp3) is 0.500. The minimum absolute atomic E-state index is 0.0205. The average Bonchev–Trinajstić information content (AvgIpc) is 2.37. The highest BCUT2D eigenvalue weighted by Gasteiger charge is 2.17. The molecule has 0 unspecified atom stereocenters. The fourth-order valence-electron chi connectivity index (χ4n) is 1.89. The molecular formula is C16H22N2O3S. The Morgan fingerprint density at radius 2 is 1.82 bits per heavy atom. The molecule has 0 radical (unpaired) electrons. The molecule has 6 heteroatoms. The van der Waals surface area contributed by atoms with Crippen LogP contribution in [0.2, 0.25) is 0 Å². The first-order valence-electron chi connectivity index (χ1n) is 7.12. The molecule has 0 fully saturated rings. The maximum Gasteiger partial charge on any atom is 0.239 e. The first-order valence-corrected chi connectivity index (χ1v) is 8.94. The van der Waals surface area contributed by atoms with Crippen LogP contribution in [0.4, 0.5) is 5.69 Å². The minimum Gasteiger partial charge on any atom is -0.325 e. The zero-order valence-electron chi connectivity index (χ0n) is 13.2. The molecule has 0 aliphatic carbocycles. The topological polar surface area (TPSA) is 87.0 Å². The lowest BCUT2D eigenvalue weighted by Crippen LogP contribution is -2.24. The molecule has 1 aromatic rings. The number of amides is 1. The van der Waals surface area contributed by atoms with Crippen molar-refractivity contribution in [1.82, 2.24) is 0 Å². The quantitative estimate of drug-likeness (QED) is 0.816. The van der Waals surface area contributed by atoms with E-state index in [1.54, 1.807) is 12.1 Å². The Labute approximate surface area is 132 Å². The number of hydrogen-bond acceptors (Lipinski definition) is 4. The van der Waals surface area contributed by atoms with Crippen LogP contribution in [-0.2, 0) is 20.0 Å². The number of unbranched alkanes of at least 4 members (excludes halogenated alkanes) is 1. The van der Waals surface area contributed by atoms with Crippen LogP contribution in [0, 0.1) is 11.3 Å². The lowest BCUT2D eigenvalue weighted by molar-refractivity contribution is -0.113. The van der Waals surface area contributed by atoms with Crippen molar-refractivity contribution in [3.05, 3.63) is 29.8 Å². The second kappa shape index (κ2) is 7.41. The molecule has 1 aromatic carbocycles. The summed E-state index contributed by atoms with van der Waals surface area (Å²) >= 11 is 0. The molecule has 0 saturated heterocycles. The third-order valence-electron chi connectivity index (χ3n) is 3.13. The molecule has 5 nitrogen and oxygen atoms in total. The second-order valence-electron chi connectivity index (χ2n) is 6.23. The summed E-state index contributed by atoms with van der Waals surface area (Å²) in [7, 11) is -3.47. The summed E-state index contributed by atoms with van der Waals surface area (Å²) in [6, 6.07) is 9.24. The van der Waals surface area contributed by atoms with Crippen LogP contribution >= 0.6 is 0 Å². The van der Waals surface area contributed by atoms with Gasteiger partial charge in [-0.25, -0.2) is 8.42 Å². The van der Waals surface area contributed by atoms with E-state index in [9.17, 15) is 13.2 Å². The van der Waals surface area contributed by atoms with Crippen LogP contribution in [0.3, 0.4) is 0 Å².